The number of hydrogen-bond acceptors (Lipinski definition) is 2. The van der Waals surface area contributed by atoms with Crippen LogP contribution in [0.4, 0.5) is 0 Å². The number of rotatable bonds is 3. The normalized spacial score (nSPS) is 13.5. The third-order valence-electron chi connectivity index (χ3n) is 11.2. The zero-order chi connectivity index (χ0) is 33.8. The van der Waals surface area contributed by atoms with Crippen molar-refractivity contribution in [2.45, 2.75) is 19.3 Å². The summed E-state index contributed by atoms with van der Waals surface area (Å²) in [4.78, 5) is 5.07. The number of benzene rings is 7. The molecule has 3 heteroatoms. The Bertz CT molecular complexity index is 3050. The van der Waals surface area contributed by atoms with E-state index in [1.165, 1.54) is 44.1 Å². The summed E-state index contributed by atoms with van der Waals surface area (Å²) in [6, 6.07) is 56.7. The third-order valence-corrected chi connectivity index (χ3v) is 11.2. The predicted molar refractivity (Wildman–Crippen MR) is 212 cm³/mol. The average Bonchev–Trinajstić information content (AvgIpc) is 3.79. The van der Waals surface area contributed by atoms with Crippen LogP contribution in [0.1, 0.15) is 25.0 Å². The van der Waals surface area contributed by atoms with Crippen LogP contribution in [0.2, 0.25) is 0 Å². The van der Waals surface area contributed by atoms with Crippen LogP contribution in [-0.4, -0.2) is 9.55 Å². The van der Waals surface area contributed by atoms with Gasteiger partial charge in [-0.1, -0.05) is 117 Å². The van der Waals surface area contributed by atoms with Crippen molar-refractivity contribution in [3.05, 3.63) is 169 Å². The van der Waals surface area contributed by atoms with Gasteiger partial charge in [0, 0.05) is 49.7 Å². The Balaban J connectivity index is 1.14. The van der Waals surface area contributed by atoms with Crippen LogP contribution in [0.3, 0.4) is 0 Å². The molecule has 11 rings (SSSR count). The maximum absolute atomic E-state index is 6.72. The molecule has 0 fully saturated rings. The van der Waals surface area contributed by atoms with Crippen molar-refractivity contribution >= 4 is 54.6 Å². The first-order valence-corrected chi connectivity index (χ1v) is 17.6. The molecule has 240 valence electrons. The summed E-state index contributed by atoms with van der Waals surface area (Å²) in [6.07, 6.45) is 0. The first-order chi connectivity index (χ1) is 25.0. The first-order valence-electron chi connectivity index (χ1n) is 17.6. The van der Waals surface area contributed by atoms with Gasteiger partial charge < -0.3 is 8.98 Å². The van der Waals surface area contributed by atoms with Gasteiger partial charge in [-0.3, -0.25) is 0 Å². The Kier molecular flexibility index (Phi) is 5.73. The van der Waals surface area contributed by atoms with Crippen LogP contribution >= 0.6 is 0 Å². The monoisotopic (exact) mass is 652 g/mol. The van der Waals surface area contributed by atoms with E-state index in [1.54, 1.807) is 0 Å². The van der Waals surface area contributed by atoms with E-state index in [2.05, 4.69) is 170 Å². The van der Waals surface area contributed by atoms with Crippen molar-refractivity contribution in [3.8, 4) is 39.2 Å². The zero-order valence-corrected chi connectivity index (χ0v) is 28.3. The minimum atomic E-state index is -0.0853. The summed E-state index contributed by atoms with van der Waals surface area (Å²) in [5.41, 5.74) is 15.9. The van der Waals surface area contributed by atoms with Gasteiger partial charge in [0.2, 0.25) is 0 Å². The molecule has 0 N–H and O–H groups in total. The zero-order valence-electron chi connectivity index (χ0n) is 28.3. The molecule has 51 heavy (non-hydrogen) atoms. The van der Waals surface area contributed by atoms with E-state index in [-0.39, 0.29) is 5.41 Å². The molecule has 0 bridgehead atoms. The summed E-state index contributed by atoms with van der Waals surface area (Å²) >= 11 is 0. The molecule has 3 aromatic heterocycles. The standard InChI is InChI=1S/C48H32N2O/c1-48(2)39-19-9-6-15-31(39)37-26-38-33-17-8-11-21-43(33)50(44(38)28-40(37)48)30-23-24-35-46(25-30)51-45-22-12-18-34(47(35)45)36-27-42(29-13-4-3-5-14-29)49-41-20-10-7-16-32(36)41/h3-28H,1-2H3. The summed E-state index contributed by atoms with van der Waals surface area (Å²) < 4.78 is 9.14. The van der Waals surface area contributed by atoms with E-state index >= 15 is 0 Å². The second kappa shape index (κ2) is 10.3. The lowest BCUT2D eigenvalue weighted by Crippen LogP contribution is -2.14. The molecule has 0 spiro atoms. The summed E-state index contributed by atoms with van der Waals surface area (Å²) in [6.45, 7) is 4.70. The molecule has 0 aliphatic heterocycles. The van der Waals surface area contributed by atoms with Crippen molar-refractivity contribution in [2.75, 3.05) is 0 Å². The van der Waals surface area contributed by atoms with Gasteiger partial charge in [0.1, 0.15) is 11.2 Å². The number of nitrogens with zero attached hydrogens (tertiary/aromatic N) is 2. The van der Waals surface area contributed by atoms with E-state index in [1.807, 2.05) is 6.07 Å². The van der Waals surface area contributed by atoms with Crippen LogP contribution < -0.4 is 0 Å². The van der Waals surface area contributed by atoms with Gasteiger partial charge in [-0.25, -0.2) is 4.98 Å². The smallest absolute Gasteiger partial charge is 0.137 e. The molecule has 1 aliphatic carbocycles. The van der Waals surface area contributed by atoms with Gasteiger partial charge in [-0.2, -0.15) is 0 Å². The number of furan rings is 1. The van der Waals surface area contributed by atoms with Crippen LogP contribution in [-0.2, 0) is 5.41 Å². The Labute approximate surface area is 295 Å². The average molecular weight is 653 g/mol. The van der Waals surface area contributed by atoms with Gasteiger partial charge in [-0.15, -0.1) is 0 Å². The lowest BCUT2D eigenvalue weighted by molar-refractivity contribution is 0.661. The summed E-state index contributed by atoms with van der Waals surface area (Å²) in [5.74, 6) is 0. The van der Waals surface area contributed by atoms with Gasteiger partial charge >= 0.3 is 0 Å². The topological polar surface area (TPSA) is 31.0 Å². The number of aromatic nitrogens is 2. The fourth-order valence-electron chi connectivity index (χ4n) is 8.77. The molecule has 0 atom stereocenters. The largest absolute Gasteiger partial charge is 0.456 e. The van der Waals surface area contributed by atoms with Crippen molar-refractivity contribution in [1.82, 2.24) is 9.55 Å². The van der Waals surface area contributed by atoms with E-state index in [9.17, 15) is 0 Å². The van der Waals surface area contributed by atoms with E-state index in [0.29, 0.717) is 0 Å². The highest BCUT2D eigenvalue weighted by Gasteiger charge is 2.36. The quantitative estimate of drug-likeness (QED) is 0.190. The minimum Gasteiger partial charge on any atom is -0.456 e. The molecule has 0 saturated heterocycles. The second-order valence-corrected chi connectivity index (χ2v) is 14.3. The number of pyridine rings is 1. The van der Waals surface area contributed by atoms with Crippen molar-refractivity contribution < 1.29 is 4.42 Å². The molecule has 3 heterocycles. The van der Waals surface area contributed by atoms with E-state index in [0.717, 1.165) is 60.9 Å². The van der Waals surface area contributed by atoms with Crippen LogP contribution in [0.25, 0.3) is 93.8 Å². The van der Waals surface area contributed by atoms with Gasteiger partial charge in [0.15, 0.2) is 0 Å². The fraction of sp³-hybridized carbons (Fsp3) is 0.0625. The predicted octanol–water partition coefficient (Wildman–Crippen LogP) is 12.9. The molecular formula is C48H32N2O. The maximum Gasteiger partial charge on any atom is 0.137 e. The first kappa shape index (κ1) is 28.4. The highest BCUT2D eigenvalue weighted by Crippen LogP contribution is 2.51. The lowest BCUT2D eigenvalue weighted by atomic mass is 9.82. The van der Waals surface area contributed by atoms with Gasteiger partial charge in [0.05, 0.1) is 22.2 Å². The van der Waals surface area contributed by atoms with E-state index in [4.69, 9.17) is 9.40 Å². The SMILES string of the molecule is CC1(C)c2ccccc2-c2cc3c4ccccc4n(-c4ccc5c(c4)oc4cccc(-c6cc(-c7ccccc7)nc7ccccc67)c45)c3cc21. The van der Waals surface area contributed by atoms with Crippen molar-refractivity contribution in [2.24, 2.45) is 0 Å². The van der Waals surface area contributed by atoms with Crippen molar-refractivity contribution in [3.63, 3.8) is 0 Å². The fourth-order valence-corrected chi connectivity index (χ4v) is 8.77. The van der Waals surface area contributed by atoms with Crippen LogP contribution in [0, 0.1) is 0 Å². The molecule has 1 aliphatic rings. The molecule has 10 aromatic rings. The molecule has 0 unspecified atom stereocenters. The molecule has 0 radical (unpaired) electrons. The number of hydrogen-bond donors (Lipinski definition) is 0. The maximum atomic E-state index is 6.72. The van der Waals surface area contributed by atoms with Crippen LogP contribution in [0.15, 0.2) is 162 Å². The molecule has 7 aromatic carbocycles. The Morgan fingerprint density at radius 3 is 2.16 bits per heavy atom. The number of para-hydroxylation sites is 2. The molecule has 0 saturated carbocycles. The molecule has 0 amide bonds. The molecule has 3 nitrogen and oxygen atoms in total. The summed E-state index contributed by atoms with van der Waals surface area (Å²) in [7, 11) is 0. The Hall–Kier alpha value is -6.45. The minimum absolute atomic E-state index is 0.0853. The Morgan fingerprint density at radius 1 is 0.490 bits per heavy atom. The summed E-state index contributed by atoms with van der Waals surface area (Å²) in [5, 5.41) is 5.86. The van der Waals surface area contributed by atoms with Crippen molar-refractivity contribution in [1.29, 1.82) is 0 Å². The highest BCUT2D eigenvalue weighted by atomic mass is 16.3. The van der Waals surface area contributed by atoms with Gasteiger partial charge in [-0.05, 0) is 81.9 Å². The number of fused-ring (bicyclic) bond motifs is 10. The highest BCUT2D eigenvalue weighted by molar-refractivity contribution is 6.16. The van der Waals surface area contributed by atoms with Crippen LogP contribution in [0.5, 0.6) is 0 Å². The van der Waals surface area contributed by atoms with E-state index < -0.39 is 0 Å². The third kappa shape index (κ3) is 3.97. The Morgan fingerprint density at radius 2 is 1.25 bits per heavy atom. The molecular weight excluding hydrogens is 621 g/mol. The second-order valence-electron chi connectivity index (χ2n) is 14.3. The van der Waals surface area contributed by atoms with Gasteiger partial charge in [0.25, 0.3) is 0 Å². The lowest BCUT2D eigenvalue weighted by Gasteiger charge is -2.21.